The number of rotatable bonds is 10. The van der Waals surface area contributed by atoms with Crippen molar-refractivity contribution in [3.8, 4) is 17.2 Å². The number of hydrogen-bond donors (Lipinski definition) is 2. The van der Waals surface area contributed by atoms with E-state index in [-0.39, 0.29) is 12.5 Å². The Hall–Kier alpha value is -3.90. The maximum Gasteiger partial charge on any atom is 0.233 e. The Morgan fingerprint density at radius 2 is 1.80 bits per heavy atom. The zero-order valence-electron chi connectivity index (χ0n) is 23.6. The van der Waals surface area contributed by atoms with Gasteiger partial charge in [-0.3, -0.25) is 9.80 Å². The highest BCUT2D eigenvalue weighted by atomic mass is 19.1. The molecule has 0 bridgehead atoms. The van der Waals surface area contributed by atoms with Crippen LogP contribution >= 0.6 is 0 Å². The van der Waals surface area contributed by atoms with E-state index >= 15 is 0 Å². The van der Waals surface area contributed by atoms with Crippen molar-refractivity contribution in [1.82, 2.24) is 24.8 Å². The monoisotopic (exact) mass is 564 g/mol. The minimum atomic E-state index is -0.442. The van der Waals surface area contributed by atoms with Crippen molar-refractivity contribution < 1.29 is 18.6 Å². The molecule has 2 aromatic carbocycles. The van der Waals surface area contributed by atoms with Crippen LogP contribution in [0.3, 0.4) is 0 Å². The van der Waals surface area contributed by atoms with Gasteiger partial charge < -0.3 is 29.7 Å². The van der Waals surface area contributed by atoms with Crippen LogP contribution in [-0.4, -0.2) is 90.5 Å². The molecule has 6 rings (SSSR count). The molecule has 3 aliphatic rings. The van der Waals surface area contributed by atoms with Gasteiger partial charge in [0.25, 0.3) is 0 Å². The summed E-state index contributed by atoms with van der Waals surface area (Å²) in [6.45, 7) is 9.41. The third-order valence-corrected chi connectivity index (χ3v) is 7.95. The number of nitrogens with one attached hydrogen (secondary N) is 2. The topological polar surface area (TPSA) is 100 Å². The summed E-state index contributed by atoms with van der Waals surface area (Å²) in [7, 11) is 1.51. The van der Waals surface area contributed by atoms with Crippen LogP contribution in [0.5, 0.6) is 17.2 Å². The quantitative estimate of drug-likeness (QED) is 0.377. The number of nitrogens with zero attached hydrogens (tertiary/aromatic N) is 6. The molecule has 2 saturated heterocycles. The van der Waals surface area contributed by atoms with Crippen LogP contribution in [0.25, 0.3) is 0 Å². The highest BCUT2D eigenvalue weighted by Gasteiger charge is 2.25. The van der Waals surface area contributed by atoms with E-state index in [1.165, 1.54) is 25.2 Å². The van der Waals surface area contributed by atoms with Crippen molar-refractivity contribution in [1.29, 1.82) is 0 Å². The number of fused-ring (bicyclic) bond motifs is 1. The minimum Gasteiger partial charge on any atom is -0.497 e. The van der Waals surface area contributed by atoms with E-state index in [4.69, 9.17) is 24.2 Å². The number of anilines is 4. The summed E-state index contributed by atoms with van der Waals surface area (Å²) >= 11 is 0. The normalized spacial score (nSPS) is 19.0. The third-order valence-electron chi connectivity index (χ3n) is 7.95. The molecule has 3 aromatic rings. The first-order chi connectivity index (χ1) is 20.1. The molecular formula is C29H37FN8O3. The molecule has 11 nitrogen and oxygen atoms in total. The number of methoxy groups -OCH3 is 1. The molecule has 0 amide bonds. The molecule has 1 atom stereocenters. The molecule has 0 aliphatic carbocycles. The molecule has 41 heavy (non-hydrogen) atoms. The lowest BCUT2D eigenvalue weighted by atomic mass is 10.1. The first-order valence-electron chi connectivity index (χ1n) is 14.3. The second-order valence-electron chi connectivity index (χ2n) is 10.5. The first kappa shape index (κ1) is 27.3. The lowest BCUT2D eigenvalue weighted by Gasteiger charge is -2.35. The zero-order chi connectivity index (χ0) is 28.2. The first-order valence-corrected chi connectivity index (χ1v) is 14.3. The highest BCUT2D eigenvalue weighted by Crippen LogP contribution is 2.33. The molecular weight excluding hydrogens is 527 g/mol. The largest absolute Gasteiger partial charge is 0.497 e. The fourth-order valence-corrected chi connectivity index (χ4v) is 5.64. The molecule has 2 fully saturated rings. The Morgan fingerprint density at radius 1 is 0.976 bits per heavy atom. The molecule has 1 aromatic heterocycles. The van der Waals surface area contributed by atoms with Crippen LogP contribution in [0.4, 0.5) is 27.9 Å². The van der Waals surface area contributed by atoms with Gasteiger partial charge in [0.05, 0.1) is 12.8 Å². The van der Waals surface area contributed by atoms with Gasteiger partial charge in [-0.25, -0.2) is 4.39 Å². The van der Waals surface area contributed by atoms with E-state index < -0.39 is 5.82 Å². The predicted octanol–water partition coefficient (Wildman–Crippen LogP) is 3.71. The predicted molar refractivity (Wildman–Crippen MR) is 155 cm³/mol. The van der Waals surface area contributed by atoms with Gasteiger partial charge in [0.1, 0.15) is 11.6 Å². The van der Waals surface area contributed by atoms with Crippen molar-refractivity contribution in [2.24, 2.45) is 0 Å². The number of likely N-dealkylation sites (N-methyl/N-ethyl adjacent to an activating group) is 1. The Bertz CT molecular complexity index is 1350. The second-order valence-corrected chi connectivity index (χ2v) is 10.5. The molecule has 218 valence electrons. The summed E-state index contributed by atoms with van der Waals surface area (Å²) in [5, 5.41) is 6.49. The fraction of sp³-hybridized carbons (Fsp3) is 0.483. The summed E-state index contributed by atoms with van der Waals surface area (Å²) in [5.74, 6) is 2.96. The summed E-state index contributed by atoms with van der Waals surface area (Å²) in [4.78, 5) is 21.1. The van der Waals surface area contributed by atoms with Gasteiger partial charge in [-0.2, -0.15) is 15.0 Å². The molecule has 1 unspecified atom stereocenters. The number of ether oxygens (including phenoxy) is 3. The smallest absolute Gasteiger partial charge is 0.233 e. The van der Waals surface area contributed by atoms with Crippen LogP contribution in [0.1, 0.15) is 25.3 Å². The van der Waals surface area contributed by atoms with Crippen LogP contribution in [0.2, 0.25) is 0 Å². The Kier molecular flexibility index (Phi) is 8.19. The molecule has 0 saturated carbocycles. The summed E-state index contributed by atoms with van der Waals surface area (Å²) in [6, 6.07) is 11.2. The SMILES string of the molecule is CCN1CCCC1CNc1nc(Nc2ccc(OC)cc2F)nc(N2CCN(Cc3ccc4c(c3)OCO4)CC2)n1. The highest BCUT2D eigenvalue weighted by molar-refractivity contribution is 5.58. The lowest BCUT2D eigenvalue weighted by molar-refractivity contribution is 0.174. The number of hydrogen-bond acceptors (Lipinski definition) is 11. The Morgan fingerprint density at radius 3 is 2.61 bits per heavy atom. The zero-order valence-corrected chi connectivity index (χ0v) is 23.6. The van der Waals surface area contributed by atoms with Crippen LogP contribution in [0.15, 0.2) is 36.4 Å². The van der Waals surface area contributed by atoms with Gasteiger partial charge in [-0.15, -0.1) is 0 Å². The van der Waals surface area contributed by atoms with Crippen LogP contribution in [0, 0.1) is 5.82 Å². The average molecular weight is 565 g/mol. The van der Waals surface area contributed by atoms with Crippen molar-refractivity contribution in [2.75, 3.05) is 75.2 Å². The number of piperazine rings is 1. The van der Waals surface area contributed by atoms with E-state index in [0.717, 1.165) is 70.3 Å². The summed E-state index contributed by atoms with van der Waals surface area (Å²) in [5.41, 5.74) is 1.46. The Balaban J connectivity index is 1.16. The molecule has 0 radical (unpaired) electrons. The number of benzene rings is 2. The second kappa shape index (κ2) is 12.3. The number of aromatic nitrogens is 3. The van der Waals surface area contributed by atoms with Crippen molar-refractivity contribution >= 4 is 23.5 Å². The van der Waals surface area contributed by atoms with Crippen molar-refractivity contribution in [2.45, 2.75) is 32.4 Å². The van der Waals surface area contributed by atoms with Gasteiger partial charge in [0.15, 0.2) is 11.5 Å². The molecule has 12 heteroatoms. The van der Waals surface area contributed by atoms with E-state index in [9.17, 15) is 4.39 Å². The van der Waals surface area contributed by atoms with Gasteiger partial charge in [0.2, 0.25) is 24.6 Å². The van der Waals surface area contributed by atoms with Gasteiger partial charge >= 0.3 is 0 Å². The molecule has 4 heterocycles. The van der Waals surface area contributed by atoms with Gasteiger partial charge in [-0.1, -0.05) is 13.0 Å². The van der Waals surface area contributed by atoms with Crippen molar-refractivity contribution in [3.05, 3.63) is 47.8 Å². The van der Waals surface area contributed by atoms with Crippen LogP contribution < -0.4 is 29.7 Å². The fourth-order valence-electron chi connectivity index (χ4n) is 5.64. The molecule has 3 aliphatic heterocycles. The van der Waals surface area contributed by atoms with E-state index in [0.29, 0.717) is 29.6 Å². The van der Waals surface area contributed by atoms with E-state index in [1.807, 2.05) is 6.07 Å². The number of halogens is 1. The third kappa shape index (κ3) is 6.38. The Labute approximate surface area is 239 Å². The average Bonchev–Trinajstić information content (AvgIpc) is 3.66. The maximum atomic E-state index is 14.7. The summed E-state index contributed by atoms with van der Waals surface area (Å²) < 4.78 is 30.9. The minimum absolute atomic E-state index is 0.274. The lowest BCUT2D eigenvalue weighted by Crippen LogP contribution is -2.46. The van der Waals surface area contributed by atoms with Gasteiger partial charge in [-0.05, 0) is 55.8 Å². The molecule has 0 spiro atoms. The van der Waals surface area contributed by atoms with E-state index in [1.54, 1.807) is 12.1 Å². The standard InChI is InChI=1S/C29H37FN8O3/c1-3-37-10-4-5-21(37)17-31-27-33-28(32-24-8-7-22(39-2)16-23(24)30)35-29(34-27)38-13-11-36(12-14-38)18-20-6-9-25-26(15-20)41-19-40-25/h6-9,15-16,21H,3-5,10-14,17-19H2,1-2H3,(H2,31,32,33,34,35). The maximum absolute atomic E-state index is 14.7. The summed E-state index contributed by atoms with van der Waals surface area (Å²) in [6.07, 6.45) is 2.34. The molecule has 2 N–H and O–H groups in total. The van der Waals surface area contributed by atoms with Crippen LogP contribution in [-0.2, 0) is 6.54 Å². The number of likely N-dealkylation sites (tertiary alicyclic amines) is 1. The van der Waals surface area contributed by atoms with Crippen molar-refractivity contribution in [3.63, 3.8) is 0 Å². The van der Waals surface area contributed by atoms with E-state index in [2.05, 4.69) is 49.4 Å². The van der Waals surface area contributed by atoms with Gasteiger partial charge in [0, 0.05) is 51.4 Å².